The number of carboxylic acids is 2. The summed E-state index contributed by atoms with van der Waals surface area (Å²) in [4.78, 5) is 36.7. The predicted molar refractivity (Wildman–Crippen MR) is 108 cm³/mol. The van der Waals surface area contributed by atoms with Crippen LogP contribution in [0.2, 0.25) is 0 Å². The molecule has 1 aromatic heterocycles. The summed E-state index contributed by atoms with van der Waals surface area (Å²) in [5.41, 5.74) is 0. The molecule has 3 rings (SSSR count). The Kier molecular flexibility index (Phi) is 10.1. The van der Waals surface area contributed by atoms with Crippen LogP contribution in [0.15, 0.2) is 17.5 Å². The second-order valence-electron chi connectivity index (χ2n) is 6.99. The third-order valence-corrected chi connectivity index (χ3v) is 5.79. The lowest BCUT2D eigenvalue weighted by Crippen LogP contribution is -2.44. The van der Waals surface area contributed by atoms with Crippen LogP contribution in [-0.2, 0) is 25.7 Å². The zero-order chi connectivity index (χ0) is 21.1. The number of thiophene rings is 1. The molecular weight excluding hydrogens is 398 g/mol. The Morgan fingerprint density at radius 3 is 2.28 bits per heavy atom. The molecular formula is C19H29N3O6S. The molecule has 0 unspecified atom stereocenters. The van der Waals surface area contributed by atoms with Crippen LogP contribution in [0.1, 0.15) is 17.7 Å². The number of carbonyl (C=O) groups excluding carboxylic acids is 1. The zero-order valence-corrected chi connectivity index (χ0v) is 17.2. The molecule has 1 amide bonds. The summed E-state index contributed by atoms with van der Waals surface area (Å²) in [6, 6.07) is 4.30. The van der Waals surface area contributed by atoms with Crippen LogP contribution in [-0.4, -0.2) is 90.3 Å². The first-order valence-corrected chi connectivity index (χ1v) is 10.6. The average Bonchev–Trinajstić information content (AvgIpc) is 3.23. The summed E-state index contributed by atoms with van der Waals surface area (Å²) in [5.74, 6) is -3.21. The number of amides is 1. The number of rotatable bonds is 6. The van der Waals surface area contributed by atoms with E-state index in [2.05, 4.69) is 32.6 Å². The normalized spacial score (nSPS) is 18.5. The number of aliphatic carboxylic acids is 2. The first kappa shape index (κ1) is 23.3. The molecule has 2 fully saturated rings. The number of carbonyl (C=O) groups is 3. The summed E-state index contributed by atoms with van der Waals surface area (Å²) >= 11 is 1.81. The molecule has 3 heterocycles. The van der Waals surface area contributed by atoms with Gasteiger partial charge in [0.05, 0.1) is 13.2 Å². The number of nitrogens with one attached hydrogen (secondary N) is 1. The SMILES string of the molecule is O=C(NCCN1CCOCC1)C1CCN(Cc2cccs2)CC1.O=C(O)C(=O)O. The molecule has 1 aromatic rings. The van der Waals surface area contributed by atoms with Crippen molar-refractivity contribution in [2.24, 2.45) is 5.92 Å². The van der Waals surface area contributed by atoms with Crippen LogP contribution in [0.25, 0.3) is 0 Å². The molecule has 0 radical (unpaired) electrons. The lowest BCUT2D eigenvalue weighted by atomic mass is 9.96. The van der Waals surface area contributed by atoms with Crippen molar-refractivity contribution in [3.8, 4) is 0 Å². The van der Waals surface area contributed by atoms with Gasteiger partial charge in [-0.2, -0.15) is 0 Å². The van der Waals surface area contributed by atoms with Gasteiger partial charge < -0.3 is 20.3 Å². The maximum Gasteiger partial charge on any atom is 0.414 e. The highest BCUT2D eigenvalue weighted by Crippen LogP contribution is 2.20. The molecule has 0 saturated carbocycles. The van der Waals surface area contributed by atoms with E-state index in [1.807, 2.05) is 11.3 Å². The van der Waals surface area contributed by atoms with Crippen LogP contribution in [0.4, 0.5) is 0 Å². The van der Waals surface area contributed by atoms with Crippen LogP contribution in [0.3, 0.4) is 0 Å². The van der Waals surface area contributed by atoms with Gasteiger partial charge in [0.25, 0.3) is 0 Å². The number of hydrogen-bond acceptors (Lipinski definition) is 7. The second-order valence-corrected chi connectivity index (χ2v) is 8.02. The van der Waals surface area contributed by atoms with Crippen molar-refractivity contribution in [1.29, 1.82) is 0 Å². The van der Waals surface area contributed by atoms with Gasteiger partial charge in [-0.1, -0.05) is 6.07 Å². The Hall–Kier alpha value is -2.01. The third kappa shape index (κ3) is 8.90. The van der Waals surface area contributed by atoms with E-state index in [9.17, 15) is 4.79 Å². The molecule has 2 aliphatic heterocycles. The van der Waals surface area contributed by atoms with Crippen LogP contribution in [0, 0.1) is 5.92 Å². The molecule has 0 aliphatic carbocycles. The lowest BCUT2D eigenvalue weighted by molar-refractivity contribution is -0.159. The first-order chi connectivity index (χ1) is 14.0. The van der Waals surface area contributed by atoms with Gasteiger partial charge >= 0.3 is 11.9 Å². The fourth-order valence-corrected chi connectivity index (χ4v) is 4.03. The van der Waals surface area contributed by atoms with Gasteiger partial charge in [0.1, 0.15) is 0 Å². The number of likely N-dealkylation sites (tertiary alicyclic amines) is 1. The molecule has 2 saturated heterocycles. The van der Waals surface area contributed by atoms with E-state index in [1.54, 1.807) is 0 Å². The Morgan fingerprint density at radius 2 is 1.72 bits per heavy atom. The third-order valence-electron chi connectivity index (χ3n) is 4.93. The Labute approximate surface area is 174 Å². The van der Waals surface area contributed by atoms with E-state index in [4.69, 9.17) is 24.5 Å². The monoisotopic (exact) mass is 427 g/mol. The molecule has 29 heavy (non-hydrogen) atoms. The number of morpholine rings is 1. The molecule has 0 aromatic carbocycles. The largest absolute Gasteiger partial charge is 0.473 e. The Balaban J connectivity index is 0.000000438. The second kappa shape index (κ2) is 12.5. The van der Waals surface area contributed by atoms with Crippen LogP contribution in [0.5, 0.6) is 0 Å². The number of piperidine rings is 1. The minimum Gasteiger partial charge on any atom is -0.473 e. The van der Waals surface area contributed by atoms with E-state index in [-0.39, 0.29) is 11.8 Å². The minimum atomic E-state index is -1.82. The average molecular weight is 428 g/mol. The standard InChI is InChI=1S/C17H27N3O2S.C2H2O4/c21-17(18-5-8-19-9-11-22-12-10-19)15-3-6-20(7-4-15)14-16-2-1-13-23-16;3-1(4)2(5)6/h1-2,13,15H,3-12,14H2,(H,18,21);(H,3,4)(H,5,6). The molecule has 0 spiro atoms. The van der Waals surface area contributed by atoms with E-state index in [0.29, 0.717) is 0 Å². The van der Waals surface area contributed by atoms with Crippen molar-refractivity contribution >= 4 is 29.2 Å². The van der Waals surface area contributed by atoms with Gasteiger partial charge in [0, 0.05) is 43.5 Å². The number of carboxylic acid groups (broad SMARTS) is 2. The van der Waals surface area contributed by atoms with Crippen molar-refractivity contribution in [3.05, 3.63) is 22.4 Å². The van der Waals surface area contributed by atoms with E-state index >= 15 is 0 Å². The van der Waals surface area contributed by atoms with Gasteiger partial charge in [-0.15, -0.1) is 11.3 Å². The van der Waals surface area contributed by atoms with Crippen molar-refractivity contribution in [3.63, 3.8) is 0 Å². The molecule has 0 atom stereocenters. The summed E-state index contributed by atoms with van der Waals surface area (Å²) in [6.45, 7) is 8.38. The fraction of sp³-hybridized carbons (Fsp3) is 0.632. The lowest BCUT2D eigenvalue weighted by Gasteiger charge is -2.31. The number of ether oxygens (including phenoxy) is 1. The predicted octanol–water partition coefficient (Wildman–Crippen LogP) is 0.564. The van der Waals surface area contributed by atoms with E-state index in [0.717, 1.165) is 71.9 Å². The highest BCUT2D eigenvalue weighted by molar-refractivity contribution is 7.09. The summed E-state index contributed by atoms with van der Waals surface area (Å²) in [6.07, 6.45) is 1.96. The molecule has 3 N–H and O–H groups in total. The molecule has 162 valence electrons. The zero-order valence-electron chi connectivity index (χ0n) is 16.4. The van der Waals surface area contributed by atoms with Crippen LogP contribution >= 0.6 is 11.3 Å². The smallest absolute Gasteiger partial charge is 0.414 e. The van der Waals surface area contributed by atoms with Crippen molar-refractivity contribution < 1.29 is 29.3 Å². The summed E-state index contributed by atoms with van der Waals surface area (Å²) in [5, 5.41) is 20.0. The van der Waals surface area contributed by atoms with Gasteiger partial charge in [-0.25, -0.2) is 9.59 Å². The van der Waals surface area contributed by atoms with Crippen molar-refractivity contribution in [1.82, 2.24) is 15.1 Å². The van der Waals surface area contributed by atoms with Crippen LogP contribution < -0.4 is 5.32 Å². The summed E-state index contributed by atoms with van der Waals surface area (Å²) in [7, 11) is 0. The molecule has 0 bridgehead atoms. The Morgan fingerprint density at radius 1 is 1.07 bits per heavy atom. The number of hydrogen-bond donors (Lipinski definition) is 3. The van der Waals surface area contributed by atoms with Gasteiger partial charge in [-0.05, 0) is 37.4 Å². The molecule has 9 nitrogen and oxygen atoms in total. The number of nitrogens with zero attached hydrogens (tertiary/aromatic N) is 2. The van der Waals surface area contributed by atoms with Gasteiger partial charge in [0.15, 0.2) is 0 Å². The molecule has 2 aliphatic rings. The topological polar surface area (TPSA) is 119 Å². The Bertz CT molecular complexity index is 628. The van der Waals surface area contributed by atoms with Crippen molar-refractivity contribution in [2.75, 3.05) is 52.5 Å². The minimum absolute atomic E-state index is 0.194. The highest BCUT2D eigenvalue weighted by atomic mass is 32.1. The summed E-state index contributed by atoms with van der Waals surface area (Å²) < 4.78 is 5.34. The van der Waals surface area contributed by atoms with Gasteiger partial charge in [-0.3, -0.25) is 14.6 Å². The maximum atomic E-state index is 12.3. The first-order valence-electron chi connectivity index (χ1n) is 9.74. The van der Waals surface area contributed by atoms with Gasteiger partial charge in [0.2, 0.25) is 5.91 Å². The maximum absolute atomic E-state index is 12.3. The molecule has 10 heteroatoms. The fourth-order valence-electron chi connectivity index (χ4n) is 3.28. The highest BCUT2D eigenvalue weighted by Gasteiger charge is 2.25. The van der Waals surface area contributed by atoms with E-state index in [1.165, 1.54) is 4.88 Å². The van der Waals surface area contributed by atoms with Crippen molar-refractivity contribution in [2.45, 2.75) is 19.4 Å². The van der Waals surface area contributed by atoms with E-state index < -0.39 is 11.9 Å². The quantitative estimate of drug-likeness (QED) is 0.564.